The highest BCUT2D eigenvalue weighted by Crippen LogP contribution is 2.31. The van der Waals surface area contributed by atoms with Gasteiger partial charge in [-0.2, -0.15) is 13.2 Å². The Kier molecular flexibility index (Phi) is 7.13. The molecule has 0 bridgehead atoms. The number of nitrogens with zero attached hydrogens (tertiary/aromatic N) is 3. The average molecular weight is 483 g/mol. The fourth-order valence-electron chi connectivity index (χ4n) is 3.68. The number of amides is 1. The molecule has 186 valence electrons. The minimum atomic E-state index is -4.42. The first-order chi connectivity index (χ1) is 15.8. The summed E-state index contributed by atoms with van der Waals surface area (Å²) in [6, 6.07) is 4.44. The fraction of sp³-hybridized carbons (Fsp3) is 0.522. The maximum absolute atomic E-state index is 13.1. The van der Waals surface area contributed by atoms with Crippen LogP contribution in [0.15, 0.2) is 29.1 Å². The highest BCUT2D eigenvalue weighted by molar-refractivity contribution is 5.68. The van der Waals surface area contributed by atoms with Crippen molar-refractivity contribution < 1.29 is 27.5 Å². The van der Waals surface area contributed by atoms with Crippen molar-refractivity contribution in [3.8, 4) is 0 Å². The Labute approximate surface area is 195 Å². The quantitative estimate of drug-likeness (QED) is 0.688. The van der Waals surface area contributed by atoms with Gasteiger partial charge in [0.2, 0.25) is 5.95 Å². The standard InChI is InChI=1S/C23H29F3N4O4/c1-6-17(14-7-9-15(10-8-14)23(24,25)26)27-20-28-18-11-12-29(21(32)34-22(2,3)4)13-16(18)19(31)30(20)33-5/h7-10,17H,6,11-13H2,1-5H3,(H,27,28)/t17-/m0/s1. The predicted molar refractivity (Wildman–Crippen MR) is 119 cm³/mol. The predicted octanol–water partition coefficient (Wildman–Crippen LogP) is 4.18. The zero-order valence-corrected chi connectivity index (χ0v) is 19.8. The molecule has 0 saturated heterocycles. The molecule has 0 spiro atoms. The summed E-state index contributed by atoms with van der Waals surface area (Å²) in [5, 5.41) is 3.12. The Balaban J connectivity index is 1.87. The van der Waals surface area contributed by atoms with E-state index in [0.717, 1.165) is 16.9 Å². The monoisotopic (exact) mass is 482 g/mol. The van der Waals surface area contributed by atoms with E-state index in [1.54, 1.807) is 20.8 Å². The second kappa shape index (κ2) is 9.55. The fourth-order valence-corrected chi connectivity index (χ4v) is 3.68. The first kappa shape index (κ1) is 25.4. The van der Waals surface area contributed by atoms with Crippen molar-refractivity contribution in [3.63, 3.8) is 0 Å². The Morgan fingerprint density at radius 3 is 2.38 bits per heavy atom. The summed E-state index contributed by atoms with van der Waals surface area (Å²) in [7, 11) is 1.31. The van der Waals surface area contributed by atoms with Gasteiger partial charge in [0.05, 0.1) is 29.4 Å². The van der Waals surface area contributed by atoms with Crippen LogP contribution in [0.4, 0.5) is 23.9 Å². The van der Waals surface area contributed by atoms with Crippen LogP contribution in [0.1, 0.15) is 62.5 Å². The average Bonchev–Trinajstić information content (AvgIpc) is 2.75. The van der Waals surface area contributed by atoms with E-state index in [0.29, 0.717) is 36.2 Å². The van der Waals surface area contributed by atoms with Gasteiger partial charge in [0.25, 0.3) is 5.56 Å². The highest BCUT2D eigenvalue weighted by atomic mass is 19.4. The van der Waals surface area contributed by atoms with Crippen molar-refractivity contribution in [2.45, 2.75) is 64.9 Å². The lowest BCUT2D eigenvalue weighted by Crippen LogP contribution is -2.44. The number of nitrogens with one attached hydrogen (secondary N) is 1. The van der Waals surface area contributed by atoms with Crippen LogP contribution in [0, 0.1) is 0 Å². The van der Waals surface area contributed by atoms with Crippen molar-refractivity contribution >= 4 is 12.0 Å². The number of rotatable bonds is 5. The van der Waals surface area contributed by atoms with E-state index < -0.39 is 35.0 Å². The minimum absolute atomic E-state index is 0.0375. The molecule has 2 heterocycles. The molecule has 1 aliphatic rings. The number of halogens is 3. The van der Waals surface area contributed by atoms with E-state index in [2.05, 4.69) is 10.3 Å². The lowest BCUT2D eigenvalue weighted by Gasteiger charge is -2.31. The number of carbonyl (C=O) groups excluding carboxylic acids is 1. The number of fused-ring (bicyclic) bond motifs is 1. The second-order valence-electron chi connectivity index (χ2n) is 9.02. The molecule has 1 amide bonds. The van der Waals surface area contributed by atoms with Crippen molar-refractivity contribution in [1.82, 2.24) is 14.6 Å². The van der Waals surface area contributed by atoms with Crippen LogP contribution < -0.4 is 15.7 Å². The molecule has 0 fully saturated rings. The van der Waals surface area contributed by atoms with E-state index >= 15 is 0 Å². The summed E-state index contributed by atoms with van der Waals surface area (Å²) in [4.78, 5) is 36.8. The first-order valence-corrected chi connectivity index (χ1v) is 10.9. The van der Waals surface area contributed by atoms with Crippen LogP contribution in [-0.2, 0) is 23.9 Å². The lowest BCUT2D eigenvalue weighted by atomic mass is 10.0. The van der Waals surface area contributed by atoms with Gasteiger partial charge in [-0.25, -0.2) is 9.78 Å². The summed E-state index contributed by atoms with van der Waals surface area (Å²) in [6.45, 7) is 7.53. The highest BCUT2D eigenvalue weighted by Gasteiger charge is 2.31. The number of alkyl halides is 3. The minimum Gasteiger partial charge on any atom is -0.444 e. The summed E-state index contributed by atoms with van der Waals surface area (Å²) >= 11 is 0. The van der Waals surface area contributed by atoms with Crippen molar-refractivity contribution in [3.05, 3.63) is 57.0 Å². The molecule has 0 saturated carbocycles. The Morgan fingerprint density at radius 1 is 1.21 bits per heavy atom. The maximum atomic E-state index is 13.1. The van der Waals surface area contributed by atoms with Crippen molar-refractivity contribution in [1.29, 1.82) is 0 Å². The number of hydrogen-bond acceptors (Lipinski definition) is 6. The molecule has 1 aromatic carbocycles. The molecule has 11 heteroatoms. The van der Waals surface area contributed by atoms with Gasteiger partial charge in [-0.1, -0.05) is 19.1 Å². The Bertz CT molecular complexity index is 1090. The number of benzene rings is 1. The number of ether oxygens (including phenoxy) is 1. The Hall–Kier alpha value is -3.24. The van der Waals surface area contributed by atoms with Crippen LogP contribution in [0.3, 0.4) is 0 Å². The smallest absolute Gasteiger partial charge is 0.416 e. The lowest BCUT2D eigenvalue weighted by molar-refractivity contribution is -0.137. The number of anilines is 1. The SMILES string of the molecule is CC[C@H](Nc1nc2c(c(=O)n1OC)CN(C(=O)OC(C)(C)C)CC2)c1ccc(C(F)(F)F)cc1. The molecule has 1 aliphatic heterocycles. The zero-order valence-electron chi connectivity index (χ0n) is 19.8. The van der Waals surface area contributed by atoms with E-state index in [1.807, 2.05) is 6.92 Å². The first-order valence-electron chi connectivity index (χ1n) is 10.9. The van der Waals surface area contributed by atoms with E-state index in [4.69, 9.17) is 9.57 Å². The van der Waals surface area contributed by atoms with Crippen molar-refractivity contribution in [2.24, 2.45) is 0 Å². The molecule has 1 atom stereocenters. The Morgan fingerprint density at radius 2 is 1.85 bits per heavy atom. The summed E-state index contributed by atoms with van der Waals surface area (Å²) < 4.78 is 45.1. The van der Waals surface area contributed by atoms with Crippen LogP contribution >= 0.6 is 0 Å². The van der Waals surface area contributed by atoms with Crippen molar-refractivity contribution in [2.75, 3.05) is 19.0 Å². The molecule has 0 radical (unpaired) electrons. The molecule has 1 N–H and O–H groups in total. The van der Waals surface area contributed by atoms with Gasteiger partial charge in [0, 0.05) is 13.0 Å². The molecule has 1 aromatic heterocycles. The van der Waals surface area contributed by atoms with E-state index in [9.17, 15) is 22.8 Å². The molecule has 0 unspecified atom stereocenters. The maximum Gasteiger partial charge on any atom is 0.416 e. The third kappa shape index (κ3) is 5.63. The van der Waals surface area contributed by atoms with Crippen LogP contribution in [-0.4, -0.2) is 40.0 Å². The third-order valence-corrected chi connectivity index (χ3v) is 5.38. The number of aromatic nitrogens is 2. The van der Waals surface area contributed by atoms with Gasteiger partial charge in [0.1, 0.15) is 12.7 Å². The van der Waals surface area contributed by atoms with Gasteiger partial charge in [-0.05, 0) is 44.9 Å². The van der Waals surface area contributed by atoms with Gasteiger partial charge >= 0.3 is 12.3 Å². The summed E-state index contributed by atoms with van der Waals surface area (Å²) in [6.07, 6.45) is -4.07. The largest absolute Gasteiger partial charge is 0.444 e. The summed E-state index contributed by atoms with van der Waals surface area (Å²) in [5.74, 6) is 0.142. The van der Waals surface area contributed by atoms with E-state index in [-0.39, 0.29) is 12.5 Å². The molecule has 8 nitrogen and oxygen atoms in total. The van der Waals surface area contributed by atoms with Crippen LogP contribution in [0.25, 0.3) is 0 Å². The molecule has 34 heavy (non-hydrogen) atoms. The number of carbonyl (C=O) groups is 1. The topological polar surface area (TPSA) is 85.7 Å². The van der Waals surface area contributed by atoms with E-state index in [1.165, 1.54) is 24.1 Å². The summed E-state index contributed by atoms with van der Waals surface area (Å²) in [5.41, 5.74) is -0.396. The zero-order chi connectivity index (χ0) is 25.3. The van der Waals surface area contributed by atoms with Gasteiger partial charge in [-0.3, -0.25) is 4.79 Å². The molecular weight excluding hydrogens is 453 g/mol. The molecule has 2 aromatic rings. The van der Waals surface area contributed by atoms with Crippen LogP contribution in [0.2, 0.25) is 0 Å². The van der Waals surface area contributed by atoms with Gasteiger partial charge in [-0.15, -0.1) is 4.73 Å². The number of hydrogen-bond donors (Lipinski definition) is 1. The second-order valence-corrected chi connectivity index (χ2v) is 9.02. The van der Waals surface area contributed by atoms with Gasteiger partial charge < -0.3 is 19.8 Å². The molecule has 3 rings (SSSR count). The normalized spacial score (nSPS) is 14.9. The van der Waals surface area contributed by atoms with Crippen LogP contribution in [0.5, 0.6) is 0 Å². The van der Waals surface area contributed by atoms with Gasteiger partial charge in [0.15, 0.2) is 0 Å². The molecule has 0 aliphatic carbocycles. The third-order valence-electron chi connectivity index (χ3n) is 5.38. The molecular formula is C23H29F3N4O4.